The Morgan fingerprint density at radius 2 is 2.14 bits per heavy atom. The zero-order valence-electron chi connectivity index (χ0n) is 7.91. The molecule has 0 heterocycles. The zero-order valence-corrected chi connectivity index (χ0v) is 7.91. The lowest BCUT2D eigenvalue weighted by atomic mass is 10.3. The van der Waals surface area contributed by atoms with Crippen molar-refractivity contribution in [2.75, 3.05) is 6.61 Å². The van der Waals surface area contributed by atoms with Crippen LogP contribution >= 0.6 is 0 Å². The molecule has 1 aliphatic rings. The van der Waals surface area contributed by atoms with Crippen molar-refractivity contribution in [3.05, 3.63) is 11.8 Å². The van der Waals surface area contributed by atoms with Crippen LogP contribution in [0.15, 0.2) is 11.8 Å². The quantitative estimate of drug-likeness (QED) is 0.295. The van der Waals surface area contributed by atoms with Crippen LogP contribution in [0.1, 0.15) is 19.8 Å². The fraction of sp³-hybridized carbons (Fsp3) is 0.556. The van der Waals surface area contributed by atoms with Gasteiger partial charge < -0.3 is 10.1 Å². The molecule has 1 aliphatic carbocycles. The van der Waals surface area contributed by atoms with Gasteiger partial charge in [-0.05, 0) is 19.8 Å². The number of esters is 1. The minimum atomic E-state index is -1.52. The molecule has 0 saturated heterocycles. The first-order valence-electron chi connectivity index (χ1n) is 4.49. The van der Waals surface area contributed by atoms with E-state index in [4.69, 9.17) is 0 Å². The maximum Gasteiger partial charge on any atom is 0.395 e. The monoisotopic (exact) mass is 198 g/mol. The van der Waals surface area contributed by atoms with Gasteiger partial charge in [-0.1, -0.05) is 0 Å². The smallest absolute Gasteiger partial charge is 0.395 e. The summed E-state index contributed by atoms with van der Waals surface area (Å²) in [5, 5.41) is 13.3. The normalized spacial score (nSPS) is 16.2. The van der Waals surface area contributed by atoms with Crippen LogP contribution in [0.4, 0.5) is 0 Å². The third-order valence-electron chi connectivity index (χ3n) is 1.76. The van der Waals surface area contributed by atoms with Gasteiger partial charge in [0.1, 0.15) is 0 Å². The summed E-state index contributed by atoms with van der Waals surface area (Å²) in [6.45, 7) is 1.76. The lowest BCUT2D eigenvalue weighted by Gasteiger charge is -2.01. The molecule has 1 rings (SSSR count). The number of carbonyl (C=O) groups is 2. The second kappa shape index (κ2) is 4.64. The second-order valence-electron chi connectivity index (χ2n) is 3.01. The molecule has 5 nitrogen and oxygen atoms in total. The van der Waals surface area contributed by atoms with Crippen LogP contribution in [0.25, 0.3) is 0 Å². The number of hydrogen-bond donors (Lipinski definition) is 1. The Bertz CT molecular complexity index is 268. The van der Waals surface area contributed by atoms with E-state index in [1.165, 1.54) is 0 Å². The number of hydrogen-bond acceptors (Lipinski definition) is 4. The molecule has 0 aromatic carbocycles. The van der Waals surface area contributed by atoms with Crippen molar-refractivity contribution in [2.45, 2.75) is 25.8 Å². The molecule has 0 spiro atoms. The molecular formula is C9H12NO4. The van der Waals surface area contributed by atoms with Gasteiger partial charge in [-0.3, -0.25) is 0 Å². The summed E-state index contributed by atoms with van der Waals surface area (Å²) in [6.07, 6.45) is 3.16. The molecule has 0 aromatic rings. The maximum absolute atomic E-state index is 11.1. The number of carbonyl (C=O) groups excluding carboxylic acids is 2. The van der Waals surface area contributed by atoms with Crippen LogP contribution in [-0.4, -0.2) is 24.6 Å². The summed E-state index contributed by atoms with van der Waals surface area (Å²) in [5.74, 6) is -2.38. The number of nitrogens with one attached hydrogen (secondary N) is 1. The van der Waals surface area contributed by atoms with Crippen molar-refractivity contribution in [2.24, 2.45) is 0 Å². The van der Waals surface area contributed by atoms with Gasteiger partial charge in [0.25, 0.3) is 0 Å². The van der Waals surface area contributed by atoms with Crippen molar-refractivity contribution in [1.29, 1.82) is 0 Å². The number of ether oxygens (including phenoxy) is 1. The Morgan fingerprint density at radius 3 is 2.57 bits per heavy atom. The summed E-state index contributed by atoms with van der Waals surface area (Å²) in [7, 11) is 0. The molecule has 0 amide bonds. The van der Waals surface area contributed by atoms with Gasteiger partial charge in [-0.15, -0.1) is 0 Å². The minimum absolute atomic E-state index is 0.146. The molecule has 1 N–H and O–H groups in total. The van der Waals surface area contributed by atoms with E-state index in [-0.39, 0.29) is 6.61 Å². The van der Waals surface area contributed by atoms with Crippen LogP contribution < -0.4 is 5.32 Å². The van der Waals surface area contributed by atoms with Crippen molar-refractivity contribution in [3.8, 4) is 0 Å². The highest BCUT2D eigenvalue weighted by Gasteiger charge is 2.24. The predicted molar refractivity (Wildman–Crippen MR) is 46.6 cm³/mol. The van der Waals surface area contributed by atoms with E-state index in [2.05, 4.69) is 10.1 Å². The van der Waals surface area contributed by atoms with E-state index in [9.17, 15) is 14.7 Å². The Morgan fingerprint density at radius 1 is 1.50 bits per heavy atom. The Hall–Kier alpha value is -1.52. The van der Waals surface area contributed by atoms with Crippen LogP contribution in [0.3, 0.4) is 0 Å². The Labute approximate surface area is 81.7 Å². The molecule has 1 saturated carbocycles. The number of rotatable bonds is 5. The predicted octanol–water partition coefficient (Wildman–Crippen LogP) is 0.143. The molecule has 1 radical (unpaired) electrons. The molecule has 0 aliphatic heterocycles. The van der Waals surface area contributed by atoms with Gasteiger partial charge in [0.15, 0.2) is 5.57 Å². The van der Waals surface area contributed by atoms with E-state index >= 15 is 0 Å². The van der Waals surface area contributed by atoms with Crippen LogP contribution in [0.2, 0.25) is 0 Å². The zero-order chi connectivity index (χ0) is 10.6. The fourth-order valence-corrected chi connectivity index (χ4v) is 0.861. The second-order valence-corrected chi connectivity index (χ2v) is 3.01. The fourth-order valence-electron chi connectivity index (χ4n) is 0.861. The van der Waals surface area contributed by atoms with Crippen molar-refractivity contribution < 1.29 is 19.4 Å². The standard InChI is InChI=1S/C9H12NO4/c1-2-14-9(13)7(8(11)12)5-10-6-3-4-6/h5-6,10H,2-4H2,1H3. The molecule has 14 heavy (non-hydrogen) atoms. The summed E-state index contributed by atoms with van der Waals surface area (Å²) in [5.41, 5.74) is -0.459. The molecule has 5 heteroatoms. The van der Waals surface area contributed by atoms with Gasteiger partial charge >= 0.3 is 11.9 Å². The van der Waals surface area contributed by atoms with Crippen molar-refractivity contribution >= 4 is 11.9 Å². The van der Waals surface area contributed by atoms with E-state index in [0.717, 1.165) is 19.0 Å². The van der Waals surface area contributed by atoms with Crippen LogP contribution in [0, 0.1) is 0 Å². The highest BCUT2D eigenvalue weighted by Crippen LogP contribution is 2.18. The van der Waals surface area contributed by atoms with E-state index in [0.29, 0.717) is 6.04 Å². The van der Waals surface area contributed by atoms with Crippen LogP contribution in [-0.2, 0) is 19.4 Å². The SMILES string of the molecule is CCOC(=O)C(=CNC1CC1)C([O])=O. The first kappa shape index (κ1) is 10.6. The first-order valence-corrected chi connectivity index (χ1v) is 4.49. The van der Waals surface area contributed by atoms with Gasteiger partial charge in [-0.25, -0.2) is 14.7 Å². The molecule has 77 valence electrons. The van der Waals surface area contributed by atoms with E-state index in [1.807, 2.05) is 0 Å². The Kier molecular flexibility index (Phi) is 3.50. The van der Waals surface area contributed by atoms with E-state index in [1.54, 1.807) is 6.92 Å². The minimum Gasteiger partial charge on any atom is -0.462 e. The third kappa shape index (κ3) is 3.08. The maximum atomic E-state index is 11.1. The highest BCUT2D eigenvalue weighted by atomic mass is 16.5. The van der Waals surface area contributed by atoms with Gasteiger partial charge in [0, 0.05) is 12.2 Å². The van der Waals surface area contributed by atoms with E-state index < -0.39 is 17.5 Å². The molecule has 0 atom stereocenters. The van der Waals surface area contributed by atoms with Gasteiger partial charge in [0.2, 0.25) is 0 Å². The lowest BCUT2D eigenvalue weighted by Crippen LogP contribution is -2.19. The largest absolute Gasteiger partial charge is 0.462 e. The summed E-state index contributed by atoms with van der Waals surface area (Å²) < 4.78 is 4.55. The molecular weight excluding hydrogens is 186 g/mol. The molecule has 0 bridgehead atoms. The topological polar surface area (TPSA) is 75.3 Å². The summed E-state index contributed by atoms with van der Waals surface area (Å²) in [6, 6.07) is 0.291. The molecule has 1 fully saturated rings. The first-order chi connectivity index (χ1) is 6.65. The van der Waals surface area contributed by atoms with Gasteiger partial charge in [0.05, 0.1) is 6.61 Å². The van der Waals surface area contributed by atoms with Crippen LogP contribution in [0.5, 0.6) is 0 Å². The lowest BCUT2D eigenvalue weighted by molar-refractivity contribution is -0.146. The molecule has 0 unspecified atom stereocenters. The highest BCUT2D eigenvalue weighted by molar-refractivity contribution is 6.12. The Balaban J connectivity index is 2.56. The average Bonchev–Trinajstić information content (AvgIpc) is 2.88. The van der Waals surface area contributed by atoms with Gasteiger partial charge in [-0.2, -0.15) is 0 Å². The third-order valence-corrected chi connectivity index (χ3v) is 1.76. The summed E-state index contributed by atoms with van der Waals surface area (Å²) >= 11 is 0. The average molecular weight is 198 g/mol. The molecule has 0 aromatic heterocycles. The van der Waals surface area contributed by atoms with Crippen molar-refractivity contribution in [3.63, 3.8) is 0 Å². The summed E-state index contributed by atoms with van der Waals surface area (Å²) in [4.78, 5) is 21.6. The van der Waals surface area contributed by atoms with Crippen molar-refractivity contribution in [1.82, 2.24) is 5.32 Å².